The van der Waals surface area contributed by atoms with Crippen LogP contribution in [-0.4, -0.2) is 23.9 Å². The summed E-state index contributed by atoms with van der Waals surface area (Å²) in [5, 5.41) is 4.40. The number of oxime groups is 1. The van der Waals surface area contributed by atoms with Crippen LogP contribution in [-0.2, 0) is 4.84 Å². The van der Waals surface area contributed by atoms with Gasteiger partial charge in [0, 0.05) is 11.8 Å². The number of pyridine rings is 1. The first-order chi connectivity index (χ1) is 14.1. The molecule has 4 nitrogen and oxygen atoms in total. The van der Waals surface area contributed by atoms with Gasteiger partial charge in [-0.15, -0.1) is 0 Å². The Balaban J connectivity index is 1.62. The molecule has 0 spiro atoms. The summed E-state index contributed by atoms with van der Waals surface area (Å²) >= 11 is 0. The van der Waals surface area contributed by atoms with Crippen LogP contribution in [0, 0.1) is 18.9 Å². The molecule has 1 aromatic heterocycles. The Hall–Kier alpha value is -3.14. The lowest BCUT2D eigenvalue weighted by atomic mass is 9.99. The summed E-state index contributed by atoms with van der Waals surface area (Å²) in [4.78, 5) is 9.97. The van der Waals surface area contributed by atoms with E-state index in [1.165, 1.54) is 0 Å². The Morgan fingerprint density at radius 2 is 1.86 bits per heavy atom. The lowest BCUT2D eigenvalue weighted by Crippen LogP contribution is -2.09. The molecule has 0 bridgehead atoms. The van der Waals surface area contributed by atoms with Gasteiger partial charge in [-0.3, -0.25) is 4.98 Å². The minimum Gasteiger partial charge on any atom is -0.490 e. The molecule has 1 radical (unpaired) electrons. The van der Waals surface area contributed by atoms with Crippen molar-refractivity contribution >= 4 is 5.71 Å². The fourth-order valence-corrected chi connectivity index (χ4v) is 2.93. The molecule has 3 aromatic rings. The Morgan fingerprint density at radius 1 is 1.03 bits per heavy atom. The second-order valence-corrected chi connectivity index (χ2v) is 7.27. The predicted octanol–water partition coefficient (Wildman–Crippen LogP) is 5.70. The molecule has 0 N–H and O–H groups in total. The third-order valence-electron chi connectivity index (χ3n) is 4.40. The largest absolute Gasteiger partial charge is 0.490 e. The van der Waals surface area contributed by atoms with Gasteiger partial charge in [-0.25, -0.2) is 0 Å². The van der Waals surface area contributed by atoms with Crippen LogP contribution in [0.3, 0.4) is 0 Å². The van der Waals surface area contributed by atoms with E-state index in [4.69, 9.17) is 9.57 Å². The Bertz CT molecular complexity index is 919. The zero-order valence-electron chi connectivity index (χ0n) is 17.3. The third-order valence-corrected chi connectivity index (χ3v) is 4.40. The molecule has 149 valence electrons. The second kappa shape index (κ2) is 10.4. The van der Waals surface area contributed by atoms with Gasteiger partial charge in [-0.05, 0) is 54.7 Å². The van der Waals surface area contributed by atoms with Crippen LogP contribution in [0.5, 0.6) is 5.75 Å². The average molecular weight is 388 g/mol. The molecular weight excluding hydrogens is 360 g/mol. The lowest BCUT2D eigenvalue weighted by molar-refractivity contribution is 0.106. The Morgan fingerprint density at radius 3 is 2.55 bits per heavy atom. The highest BCUT2D eigenvalue weighted by molar-refractivity contribution is 6.00. The van der Waals surface area contributed by atoms with Crippen molar-refractivity contribution in [3.63, 3.8) is 0 Å². The van der Waals surface area contributed by atoms with Crippen molar-refractivity contribution in [1.82, 2.24) is 4.98 Å². The van der Waals surface area contributed by atoms with Crippen LogP contribution in [0.2, 0.25) is 0 Å². The normalized spacial score (nSPS) is 11.5. The zero-order valence-corrected chi connectivity index (χ0v) is 17.3. The van der Waals surface area contributed by atoms with Crippen LogP contribution < -0.4 is 4.74 Å². The van der Waals surface area contributed by atoms with Crippen LogP contribution in [0.1, 0.15) is 31.4 Å². The fraction of sp³-hybridized carbons (Fsp3) is 0.280. The summed E-state index contributed by atoms with van der Waals surface area (Å²) in [6.45, 7) is 7.16. The molecule has 0 aliphatic heterocycles. The number of hydrogen-bond acceptors (Lipinski definition) is 4. The predicted molar refractivity (Wildman–Crippen MR) is 117 cm³/mol. The number of aryl methyl sites for hydroxylation is 1. The van der Waals surface area contributed by atoms with Crippen LogP contribution in [0.25, 0.3) is 11.3 Å². The molecule has 0 aliphatic rings. The number of benzene rings is 2. The van der Waals surface area contributed by atoms with Crippen molar-refractivity contribution in [3.8, 4) is 17.0 Å². The summed E-state index contributed by atoms with van der Waals surface area (Å²) < 4.78 is 5.74. The van der Waals surface area contributed by atoms with Crippen LogP contribution in [0.15, 0.2) is 72.0 Å². The monoisotopic (exact) mass is 387 g/mol. The van der Waals surface area contributed by atoms with E-state index in [9.17, 15) is 0 Å². The van der Waals surface area contributed by atoms with E-state index in [0.717, 1.165) is 40.3 Å². The SMILES string of the molecule is Cc1[c]cccc1OCCO/N=C(\CC(C)C)c1ccc(-c2ccccn2)cc1. The molecule has 0 atom stereocenters. The van der Waals surface area contributed by atoms with E-state index in [-0.39, 0.29) is 0 Å². The lowest BCUT2D eigenvalue weighted by Gasteiger charge is -2.11. The molecule has 2 aromatic carbocycles. The summed E-state index contributed by atoms with van der Waals surface area (Å²) in [6.07, 6.45) is 2.65. The van der Waals surface area contributed by atoms with E-state index in [1.54, 1.807) is 6.20 Å². The fourth-order valence-electron chi connectivity index (χ4n) is 2.93. The van der Waals surface area contributed by atoms with Gasteiger partial charge < -0.3 is 9.57 Å². The highest BCUT2D eigenvalue weighted by Crippen LogP contribution is 2.19. The summed E-state index contributed by atoms with van der Waals surface area (Å²) in [7, 11) is 0. The van der Waals surface area contributed by atoms with Crippen molar-refractivity contribution in [2.45, 2.75) is 27.2 Å². The topological polar surface area (TPSA) is 43.7 Å². The number of rotatable bonds is 9. The van der Waals surface area contributed by atoms with Crippen molar-refractivity contribution in [2.75, 3.05) is 13.2 Å². The zero-order chi connectivity index (χ0) is 20.5. The summed E-state index contributed by atoms with van der Waals surface area (Å²) in [5.74, 6) is 1.30. The van der Waals surface area contributed by atoms with E-state index in [0.29, 0.717) is 19.1 Å². The average Bonchev–Trinajstić information content (AvgIpc) is 2.74. The van der Waals surface area contributed by atoms with Crippen molar-refractivity contribution < 1.29 is 9.57 Å². The molecule has 0 aliphatic carbocycles. The number of aromatic nitrogens is 1. The second-order valence-electron chi connectivity index (χ2n) is 7.27. The van der Waals surface area contributed by atoms with Gasteiger partial charge in [0.15, 0.2) is 6.61 Å². The smallest absolute Gasteiger partial charge is 0.151 e. The highest BCUT2D eigenvalue weighted by atomic mass is 16.6. The van der Waals surface area contributed by atoms with E-state index in [1.807, 2.05) is 43.3 Å². The van der Waals surface area contributed by atoms with Gasteiger partial charge in [0.2, 0.25) is 0 Å². The summed E-state index contributed by atoms with van der Waals surface area (Å²) in [6, 6.07) is 23.1. The van der Waals surface area contributed by atoms with Gasteiger partial charge in [-0.1, -0.05) is 61.5 Å². The Kier molecular flexibility index (Phi) is 7.40. The third kappa shape index (κ3) is 6.18. The quantitative estimate of drug-likeness (QED) is 0.269. The number of ether oxygens (including phenoxy) is 1. The van der Waals surface area contributed by atoms with Crippen LogP contribution in [0.4, 0.5) is 0 Å². The first-order valence-electron chi connectivity index (χ1n) is 9.94. The minimum atomic E-state index is 0.391. The van der Waals surface area contributed by atoms with Crippen molar-refractivity contribution in [2.24, 2.45) is 11.1 Å². The van der Waals surface area contributed by atoms with Gasteiger partial charge in [0.05, 0.1) is 11.4 Å². The van der Waals surface area contributed by atoms with Crippen molar-refractivity contribution in [3.05, 3.63) is 84.1 Å². The number of nitrogens with zero attached hydrogens (tertiary/aromatic N) is 2. The molecule has 0 saturated heterocycles. The molecule has 3 rings (SSSR count). The van der Waals surface area contributed by atoms with Gasteiger partial charge in [0.25, 0.3) is 0 Å². The Labute approximate surface area is 173 Å². The maximum Gasteiger partial charge on any atom is 0.151 e. The van der Waals surface area contributed by atoms with Gasteiger partial charge in [-0.2, -0.15) is 0 Å². The van der Waals surface area contributed by atoms with E-state index >= 15 is 0 Å². The molecule has 1 heterocycles. The first kappa shape index (κ1) is 20.6. The van der Waals surface area contributed by atoms with E-state index < -0.39 is 0 Å². The number of hydrogen-bond donors (Lipinski definition) is 0. The highest BCUT2D eigenvalue weighted by Gasteiger charge is 2.09. The first-order valence-corrected chi connectivity index (χ1v) is 9.94. The standard InChI is InChI=1S/C25H27N2O2/c1-19(2)18-24(27-29-17-16-28-25-10-5-4-8-20(25)3)22-13-11-21(12-14-22)23-9-6-7-15-26-23/h4-7,9-15,19H,16-18H2,1-3H3/b27-24+. The molecule has 0 saturated carbocycles. The maximum absolute atomic E-state index is 5.74. The van der Waals surface area contributed by atoms with Crippen LogP contribution >= 0.6 is 0 Å². The molecule has 0 amide bonds. The molecule has 4 heteroatoms. The van der Waals surface area contributed by atoms with E-state index in [2.05, 4.69) is 54.3 Å². The van der Waals surface area contributed by atoms with Crippen molar-refractivity contribution in [1.29, 1.82) is 0 Å². The molecule has 29 heavy (non-hydrogen) atoms. The minimum absolute atomic E-state index is 0.391. The molecular formula is C25H27N2O2. The van der Waals surface area contributed by atoms with Gasteiger partial charge >= 0.3 is 0 Å². The van der Waals surface area contributed by atoms with Gasteiger partial charge in [0.1, 0.15) is 12.4 Å². The maximum atomic E-state index is 5.74. The molecule has 0 fully saturated rings. The molecule has 0 unspecified atom stereocenters. The summed E-state index contributed by atoms with van der Waals surface area (Å²) in [5.41, 5.74) is 5.04.